The van der Waals surface area contributed by atoms with Gasteiger partial charge < -0.3 is 29.3 Å². The standard InChI is InChI=1S/C34H39FN6O4/c1-21-8-11-26(23(3)22(21)2)28-20-32(45-34(42)40(5)30-19-25(43-6)10-13-31(30)44-7)38-33(37-28)36-24-9-12-29(27(35)18-24)41-16-14-39(4)15-17-41/h8-13,18-20H,14-17H2,1-7H3,(H,36,37,38). The van der Waals surface area contributed by atoms with Gasteiger partial charge in [-0.05, 0) is 74.8 Å². The van der Waals surface area contributed by atoms with E-state index in [9.17, 15) is 4.79 Å². The second kappa shape index (κ2) is 13.4. The van der Waals surface area contributed by atoms with Crippen LogP contribution in [0.1, 0.15) is 16.7 Å². The topological polar surface area (TPSA) is 92.3 Å². The van der Waals surface area contributed by atoms with Crippen LogP contribution in [-0.4, -0.2) is 75.5 Å². The Kier molecular flexibility index (Phi) is 9.38. The smallest absolute Gasteiger partial charge is 0.420 e. The number of carbonyl (C=O) groups excluding carboxylic acids is 1. The lowest BCUT2D eigenvalue weighted by Crippen LogP contribution is -2.44. The van der Waals surface area contributed by atoms with Gasteiger partial charge in [0.2, 0.25) is 11.8 Å². The number of benzene rings is 3. The molecule has 0 saturated carbocycles. The lowest BCUT2D eigenvalue weighted by molar-refractivity contribution is 0.207. The highest BCUT2D eigenvalue weighted by molar-refractivity contribution is 5.91. The van der Waals surface area contributed by atoms with Gasteiger partial charge in [0, 0.05) is 56.6 Å². The zero-order valence-corrected chi connectivity index (χ0v) is 26.8. The van der Waals surface area contributed by atoms with Gasteiger partial charge >= 0.3 is 6.09 Å². The predicted molar refractivity (Wildman–Crippen MR) is 175 cm³/mol. The number of amides is 1. The van der Waals surface area contributed by atoms with E-state index in [0.717, 1.165) is 48.4 Å². The van der Waals surface area contributed by atoms with Crippen LogP contribution < -0.4 is 29.3 Å². The van der Waals surface area contributed by atoms with E-state index in [4.69, 9.17) is 19.2 Å². The first kappa shape index (κ1) is 31.5. The molecule has 1 aromatic heterocycles. The van der Waals surface area contributed by atoms with Crippen LogP contribution in [-0.2, 0) is 0 Å². The van der Waals surface area contributed by atoms with Crippen LogP contribution in [0.5, 0.6) is 17.4 Å². The number of aromatic nitrogens is 2. The summed E-state index contributed by atoms with van der Waals surface area (Å²) in [6.07, 6.45) is -0.698. The number of rotatable bonds is 8. The number of hydrogen-bond acceptors (Lipinski definition) is 9. The molecule has 1 fully saturated rings. The minimum absolute atomic E-state index is 0.0216. The molecule has 0 spiro atoms. The quantitative estimate of drug-likeness (QED) is 0.244. The van der Waals surface area contributed by atoms with E-state index < -0.39 is 6.09 Å². The molecule has 0 bridgehead atoms. The third-order valence-corrected chi connectivity index (χ3v) is 8.30. The second-order valence-electron chi connectivity index (χ2n) is 11.1. The molecule has 10 nitrogen and oxygen atoms in total. The Morgan fingerprint density at radius 2 is 1.67 bits per heavy atom. The number of halogens is 1. The maximum absolute atomic E-state index is 15.3. The van der Waals surface area contributed by atoms with Gasteiger partial charge in [0.15, 0.2) is 0 Å². The molecule has 0 unspecified atom stereocenters. The maximum atomic E-state index is 15.3. The third-order valence-electron chi connectivity index (χ3n) is 8.30. The monoisotopic (exact) mass is 614 g/mol. The Hall–Kier alpha value is -4.90. The number of likely N-dealkylation sites (N-methyl/N-ethyl adjacent to an activating group) is 1. The Morgan fingerprint density at radius 3 is 2.36 bits per heavy atom. The number of nitrogens with zero attached hydrogens (tertiary/aromatic N) is 5. The molecule has 3 aromatic carbocycles. The Bertz CT molecular complexity index is 1710. The molecular weight excluding hydrogens is 575 g/mol. The molecular formula is C34H39FN6O4. The fraction of sp³-hybridized carbons (Fsp3) is 0.324. The highest BCUT2D eigenvalue weighted by Gasteiger charge is 2.22. The van der Waals surface area contributed by atoms with Crippen molar-refractivity contribution >= 4 is 29.1 Å². The minimum Gasteiger partial charge on any atom is -0.497 e. The van der Waals surface area contributed by atoms with E-state index in [-0.39, 0.29) is 17.6 Å². The second-order valence-corrected chi connectivity index (χ2v) is 11.1. The molecule has 0 aliphatic carbocycles. The van der Waals surface area contributed by atoms with E-state index in [1.807, 2.05) is 24.0 Å². The zero-order chi connectivity index (χ0) is 32.2. The first-order valence-corrected chi connectivity index (χ1v) is 14.7. The largest absolute Gasteiger partial charge is 0.497 e. The number of nitrogens with one attached hydrogen (secondary N) is 1. The molecule has 1 amide bonds. The first-order valence-electron chi connectivity index (χ1n) is 14.7. The van der Waals surface area contributed by atoms with E-state index >= 15 is 4.39 Å². The molecule has 11 heteroatoms. The number of hydrogen-bond donors (Lipinski definition) is 1. The number of piperazine rings is 1. The van der Waals surface area contributed by atoms with Crippen LogP contribution in [0.4, 0.5) is 32.2 Å². The average Bonchev–Trinajstić information content (AvgIpc) is 3.03. The molecule has 0 radical (unpaired) electrons. The van der Waals surface area contributed by atoms with Crippen LogP contribution in [0.15, 0.2) is 54.6 Å². The van der Waals surface area contributed by atoms with Crippen molar-refractivity contribution < 1.29 is 23.4 Å². The molecule has 236 valence electrons. The van der Waals surface area contributed by atoms with Crippen molar-refractivity contribution in [2.45, 2.75) is 20.8 Å². The van der Waals surface area contributed by atoms with Crippen molar-refractivity contribution in [1.82, 2.24) is 14.9 Å². The van der Waals surface area contributed by atoms with Crippen molar-refractivity contribution in [2.75, 3.05) is 69.6 Å². The van der Waals surface area contributed by atoms with Crippen molar-refractivity contribution in [3.8, 4) is 28.6 Å². The summed E-state index contributed by atoms with van der Waals surface area (Å²) in [4.78, 5) is 28.2. The number of methoxy groups -OCH3 is 2. The van der Waals surface area contributed by atoms with Gasteiger partial charge in [-0.15, -0.1) is 0 Å². The molecule has 1 aliphatic rings. The third kappa shape index (κ3) is 6.93. The summed E-state index contributed by atoms with van der Waals surface area (Å²) in [5, 5.41) is 3.12. The lowest BCUT2D eigenvalue weighted by Gasteiger charge is -2.34. The van der Waals surface area contributed by atoms with Crippen LogP contribution in [0, 0.1) is 26.6 Å². The van der Waals surface area contributed by atoms with Crippen molar-refractivity contribution in [3.63, 3.8) is 0 Å². The minimum atomic E-state index is -0.698. The highest BCUT2D eigenvalue weighted by atomic mass is 19.1. The van der Waals surface area contributed by atoms with Crippen molar-refractivity contribution in [1.29, 1.82) is 0 Å². The van der Waals surface area contributed by atoms with Crippen LogP contribution in [0.2, 0.25) is 0 Å². The average molecular weight is 615 g/mol. The zero-order valence-electron chi connectivity index (χ0n) is 26.8. The van der Waals surface area contributed by atoms with Gasteiger partial charge in [0.25, 0.3) is 0 Å². The summed E-state index contributed by atoms with van der Waals surface area (Å²) in [6, 6.07) is 15.7. The molecule has 1 N–H and O–H groups in total. The van der Waals surface area contributed by atoms with Gasteiger partial charge in [-0.2, -0.15) is 4.98 Å². The summed E-state index contributed by atoms with van der Waals surface area (Å²) in [5.74, 6) is 0.854. The lowest BCUT2D eigenvalue weighted by atomic mass is 9.97. The molecule has 1 aliphatic heterocycles. The Morgan fingerprint density at radius 1 is 0.911 bits per heavy atom. The summed E-state index contributed by atoms with van der Waals surface area (Å²) in [5.41, 5.74) is 6.21. The molecule has 1 saturated heterocycles. The van der Waals surface area contributed by atoms with E-state index in [2.05, 4.69) is 36.1 Å². The van der Waals surface area contributed by atoms with Gasteiger partial charge in [0.1, 0.15) is 17.3 Å². The van der Waals surface area contributed by atoms with Crippen molar-refractivity contribution in [2.24, 2.45) is 0 Å². The van der Waals surface area contributed by atoms with E-state index in [1.165, 1.54) is 18.1 Å². The summed E-state index contributed by atoms with van der Waals surface area (Å²) < 4.78 is 31.9. The molecule has 5 rings (SSSR count). The Labute approximate surface area is 263 Å². The van der Waals surface area contributed by atoms with Crippen LogP contribution >= 0.6 is 0 Å². The van der Waals surface area contributed by atoms with E-state index in [0.29, 0.717) is 34.3 Å². The number of aryl methyl sites for hydroxylation is 1. The molecule has 45 heavy (non-hydrogen) atoms. The highest BCUT2D eigenvalue weighted by Crippen LogP contribution is 2.34. The number of anilines is 4. The molecule has 0 atom stereocenters. The summed E-state index contributed by atoms with van der Waals surface area (Å²) in [7, 11) is 6.69. The summed E-state index contributed by atoms with van der Waals surface area (Å²) in [6.45, 7) is 9.38. The SMILES string of the molecule is COc1ccc(OC)c(N(C)C(=O)Oc2cc(-c3ccc(C)c(C)c3C)nc(Nc3ccc(N4CCN(C)CC4)c(F)c3)n2)c1. The predicted octanol–water partition coefficient (Wildman–Crippen LogP) is 6.36. The van der Waals surface area contributed by atoms with Gasteiger partial charge in [-0.25, -0.2) is 14.2 Å². The summed E-state index contributed by atoms with van der Waals surface area (Å²) >= 11 is 0. The first-order chi connectivity index (χ1) is 21.6. The van der Waals surface area contributed by atoms with Gasteiger partial charge in [-0.3, -0.25) is 4.90 Å². The molecule has 2 heterocycles. The fourth-order valence-corrected chi connectivity index (χ4v) is 5.24. The van der Waals surface area contributed by atoms with Crippen LogP contribution in [0.3, 0.4) is 0 Å². The van der Waals surface area contributed by atoms with Crippen LogP contribution in [0.25, 0.3) is 11.3 Å². The number of ether oxygens (including phenoxy) is 3. The Balaban J connectivity index is 1.47. The van der Waals surface area contributed by atoms with Crippen molar-refractivity contribution in [3.05, 3.63) is 77.1 Å². The normalized spacial score (nSPS) is 13.4. The van der Waals surface area contributed by atoms with Gasteiger partial charge in [0.05, 0.1) is 31.3 Å². The van der Waals surface area contributed by atoms with E-state index in [1.54, 1.807) is 50.6 Å². The maximum Gasteiger partial charge on any atom is 0.420 e. The number of carbonyl (C=O) groups is 1. The molecule has 4 aromatic rings. The van der Waals surface area contributed by atoms with Gasteiger partial charge in [-0.1, -0.05) is 12.1 Å². The fourth-order valence-electron chi connectivity index (χ4n) is 5.24.